The van der Waals surface area contributed by atoms with Crippen LogP contribution in [0.1, 0.15) is 46.2 Å². The number of nitrogens with zero attached hydrogens (tertiary/aromatic N) is 4. The SMILES string of the molecule is COc1cncc(NC(c2ccc(OC)nc2)C(C(=O)C(c2c[nH]c3ccccc23)C(Nc2cncc(OC)c2)c2ccc(OC)nc2)c2c[nH]c3ccccc23)c1. The third kappa shape index (κ3) is 7.57. The number of benzene rings is 2. The van der Waals surface area contributed by atoms with E-state index in [9.17, 15) is 0 Å². The Morgan fingerprint density at radius 1 is 0.552 bits per heavy atom. The lowest BCUT2D eigenvalue weighted by Crippen LogP contribution is -2.34. The molecule has 58 heavy (non-hydrogen) atoms. The number of rotatable bonds is 16. The Hall–Kier alpha value is -7.41. The molecule has 13 heteroatoms. The van der Waals surface area contributed by atoms with Crippen LogP contribution in [0.2, 0.25) is 0 Å². The second kappa shape index (κ2) is 16.8. The minimum atomic E-state index is -0.838. The molecule has 6 aromatic heterocycles. The van der Waals surface area contributed by atoms with Crippen LogP contribution in [0.4, 0.5) is 11.4 Å². The zero-order chi connectivity index (χ0) is 40.0. The fourth-order valence-corrected chi connectivity index (χ4v) is 7.58. The maximum atomic E-state index is 16.6. The van der Waals surface area contributed by atoms with Crippen LogP contribution in [0.5, 0.6) is 23.3 Å². The Bertz CT molecular complexity index is 2460. The van der Waals surface area contributed by atoms with Gasteiger partial charge >= 0.3 is 0 Å². The molecule has 6 heterocycles. The molecule has 0 saturated carbocycles. The van der Waals surface area contributed by atoms with Crippen molar-refractivity contribution in [2.24, 2.45) is 0 Å². The first-order valence-corrected chi connectivity index (χ1v) is 18.6. The van der Waals surface area contributed by atoms with E-state index in [1.807, 2.05) is 85.2 Å². The van der Waals surface area contributed by atoms with Gasteiger partial charge in [-0.05, 0) is 34.4 Å². The first-order chi connectivity index (χ1) is 28.5. The summed E-state index contributed by atoms with van der Waals surface area (Å²) >= 11 is 0. The van der Waals surface area contributed by atoms with Crippen molar-refractivity contribution in [3.8, 4) is 23.3 Å². The van der Waals surface area contributed by atoms with Gasteiger partial charge in [-0.2, -0.15) is 0 Å². The Morgan fingerprint density at radius 3 is 1.40 bits per heavy atom. The Morgan fingerprint density at radius 2 is 1.00 bits per heavy atom. The molecule has 0 fully saturated rings. The number of pyridine rings is 4. The maximum Gasteiger partial charge on any atom is 0.212 e. The fourth-order valence-electron chi connectivity index (χ4n) is 7.58. The van der Waals surface area contributed by atoms with Crippen molar-refractivity contribution in [2.75, 3.05) is 39.1 Å². The van der Waals surface area contributed by atoms with E-state index < -0.39 is 23.9 Å². The number of nitrogens with one attached hydrogen (secondary N) is 4. The number of Topliss-reactive ketones (excluding diaryl/α,β-unsaturated/α-hetero) is 1. The fraction of sp³-hybridized carbons (Fsp3) is 0.178. The van der Waals surface area contributed by atoms with E-state index in [0.29, 0.717) is 34.6 Å². The topological polar surface area (TPSA) is 161 Å². The second-order valence-electron chi connectivity index (χ2n) is 13.7. The van der Waals surface area contributed by atoms with E-state index in [0.717, 1.165) is 44.1 Å². The molecule has 0 radical (unpaired) electrons. The van der Waals surface area contributed by atoms with Gasteiger partial charge in [0.05, 0.1) is 88.5 Å². The molecular weight excluding hydrogens is 733 g/mol. The second-order valence-corrected chi connectivity index (χ2v) is 13.7. The minimum absolute atomic E-state index is 0.0946. The number of ether oxygens (including phenoxy) is 4. The largest absolute Gasteiger partial charge is 0.495 e. The van der Waals surface area contributed by atoms with Crippen LogP contribution in [0, 0.1) is 0 Å². The molecule has 0 saturated heterocycles. The summed E-state index contributed by atoms with van der Waals surface area (Å²) in [5.74, 6) is 0.242. The molecule has 13 nitrogen and oxygen atoms in total. The monoisotopic (exact) mass is 774 g/mol. The van der Waals surface area contributed by atoms with E-state index in [2.05, 4.69) is 40.5 Å². The molecule has 0 spiro atoms. The zero-order valence-electron chi connectivity index (χ0n) is 32.3. The number of hydrogen-bond donors (Lipinski definition) is 4. The summed E-state index contributed by atoms with van der Waals surface area (Å²) < 4.78 is 22.1. The predicted molar refractivity (Wildman–Crippen MR) is 223 cm³/mol. The average molecular weight is 775 g/mol. The lowest BCUT2D eigenvalue weighted by atomic mass is 9.74. The molecule has 0 aliphatic carbocycles. The molecule has 8 aromatic rings. The molecule has 2 aromatic carbocycles. The zero-order valence-corrected chi connectivity index (χ0v) is 32.3. The molecule has 0 bridgehead atoms. The van der Waals surface area contributed by atoms with Gasteiger partial charge in [0.15, 0.2) is 5.78 Å². The first-order valence-electron chi connectivity index (χ1n) is 18.6. The molecule has 4 atom stereocenters. The summed E-state index contributed by atoms with van der Waals surface area (Å²) in [5, 5.41) is 9.20. The number of carbonyl (C=O) groups excluding carboxylic acids is 1. The van der Waals surface area contributed by atoms with Gasteiger partial charge < -0.3 is 39.5 Å². The maximum absolute atomic E-state index is 16.6. The van der Waals surface area contributed by atoms with Crippen LogP contribution < -0.4 is 29.6 Å². The Kier molecular flexibility index (Phi) is 10.8. The summed E-state index contributed by atoms with van der Waals surface area (Å²) in [6.07, 6.45) is 14.0. The van der Waals surface area contributed by atoms with Crippen molar-refractivity contribution in [1.82, 2.24) is 29.9 Å². The molecule has 0 aliphatic rings. The van der Waals surface area contributed by atoms with Crippen molar-refractivity contribution in [1.29, 1.82) is 0 Å². The van der Waals surface area contributed by atoms with Crippen molar-refractivity contribution < 1.29 is 23.7 Å². The Labute approximate surface area is 334 Å². The van der Waals surface area contributed by atoms with Crippen molar-refractivity contribution in [3.05, 3.63) is 157 Å². The average Bonchev–Trinajstić information content (AvgIpc) is 3.91. The quantitative estimate of drug-likeness (QED) is 0.0746. The van der Waals surface area contributed by atoms with Gasteiger partial charge in [-0.15, -0.1) is 0 Å². The highest BCUT2D eigenvalue weighted by Gasteiger charge is 2.42. The molecule has 292 valence electrons. The lowest BCUT2D eigenvalue weighted by molar-refractivity contribution is -0.122. The predicted octanol–water partition coefficient (Wildman–Crippen LogP) is 8.41. The smallest absolute Gasteiger partial charge is 0.212 e. The van der Waals surface area contributed by atoms with Crippen LogP contribution in [0.3, 0.4) is 0 Å². The highest BCUT2D eigenvalue weighted by molar-refractivity contribution is 6.01. The summed E-state index contributed by atoms with van der Waals surface area (Å²) in [5.41, 5.74) is 6.18. The number of anilines is 2. The number of aromatic nitrogens is 6. The van der Waals surface area contributed by atoms with Gasteiger partial charge in [-0.1, -0.05) is 48.5 Å². The van der Waals surface area contributed by atoms with Crippen molar-refractivity contribution >= 4 is 39.0 Å². The third-order valence-electron chi connectivity index (χ3n) is 10.4. The molecule has 4 N–H and O–H groups in total. The third-order valence-corrected chi connectivity index (χ3v) is 10.4. The highest BCUT2D eigenvalue weighted by Crippen LogP contribution is 2.47. The summed E-state index contributed by atoms with van der Waals surface area (Å²) in [7, 11) is 6.33. The molecular formula is C45H42N8O5. The van der Waals surface area contributed by atoms with Gasteiger partial charge in [-0.3, -0.25) is 14.8 Å². The number of ketones is 1. The van der Waals surface area contributed by atoms with Crippen LogP contribution in [0.15, 0.2) is 135 Å². The summed E-state index contributed by atoms with van der Waals surface area (Å²) in [4.78, 5) is 41.5. The number of para-hydroxylation sites is 2. The number of fused-ring (bicyclic) bond motifs is 2. The highest BCUT2D eigenvalue weighted by atomic mass is 16.5. The number of hydrogen-bond acceptors (Lipinski definition) is 11. The number of carbonyl (C=O) groups is 1. The summed E-state index contributed by atoms with van der Waals surface area (Å²) in [6, 6.07) is 25.8. The van der Waals surface area contributed by atoms with Gasteiger partial charge in [0.2, 0.25) is 11.8 Å². The molecule has 0 aliphatic heterocycles. The molecule has 0 amide bonds. The van der Waals surface area contributed by atoms with Crippen LogP contribution in [0.25, 0.3) is 21.8 Å². The van der Waals surface area contributed by atoms with Crippen LogP contribution in [-0.4, -0.2) is 64.1 Å². The minimum Gasteiger partial charge on any atom is -0.495 e. The number of H-pyrrole nitrogens is 2. The van der Waals surface area contributed by atoms with Crippen LogP contribution in [-0.2, 0) is 4.79 Å². The van der Waals surface area contributed by atoms with E-state index in [1.165, 1.54) is 0 Å². The van der Waals surface area contributed by atoms with Gasteiger partial charge in [0.25, 0.3) is 0 Å². The van der Waals surface area contributed by atoms with Gasteiger partial charge in [0.1, 0.15) is 11.5 Å². The van der Waals surface area contributed by atoms with Crippen molar-refractivity contribution in [3.63, 3.8) is 0 Å². The van der Waals surface area contributed by atoms with Gasteiger partial charge in [0, 0.05) is 70.9 Å². The lowest BCUT2D eigenvalue weighted by Gasteiger charge is -2.35. The van der Waals surface area contributed by atoms with Crippen LogP contribution >= 0.6 is 0 Å². The number of aromatic amines is 2. The van der Waals surface area contributed by atoms with E-state index in [4.69, 9.17) is 18.9 Å². The number of methoxy groups -OCH3 is 4. The van der Waals surface area contributed by atoms with Gasteiger partial charge in [-0.25, -0.2) is 9.97 Å². The van der Waals surface area contributed by atoms with E-state index in [1.54, 1.807) is 77.8 Å². The molecule has 4 unspecified atom stereocenters. The normalized spacial score (nSPS) is 13.3. The van der Waals surface area contributed by atoms with E-state index >= 15 is 4.79 Å². The summed E-state index contributed by atoms with van der Waals surface area (Å²) in [6.45, 7) is 0. The standard InChI is InChI=1S/C45H42N8O5/c1-55-31-17-29(21-46-23-31)52-43(27-13-15-39(57-3)50-19-27)41(35-25-48-37-11-7-5-9-33(35)37)45(54)42(36-26-49-38-12-8-6-10-34(36)38)44(28-14-16-40(58-4)51-20-28)53-30-18-32(56-2)24-47-22-30/h5-26,41-44,48-49,52-53H,1-4H3. The van der Waals surface area contributed by atoms with Crippen molar-refractivity contribution in [2.45, 2.75) is 23.9 Å². The first kappa shape index (κ1) is 37.5. The molecule has 8 rings (SSSR count). The Balaban J connectivity index is 1.39. The van der Waals surface area contributed by atoms with E-state index in [-0.39, 0.29) is 5.78 Å².